The van der Waals surface area contributed by atoms with Crippen molar-refractivity contribution >= 4 is 11.9 Å². The van der Waals surface area contributed by atoms with Crippen LogP contribution in [0.15, 0.2) is 59.6 Å². The number of rotatable bonds is 10. The molecule has 0 unspecified atom stereocenters. The Labute approximate surface area is 140 Å². The summed E-state index contributed by atoms with van der Waals surface area (Å²) in [6.45, 7) is 2.25. The number of hydrogen-bond donors (Lipinski definition) is 0. The first kappa shape index (κ1) is 17.3. The highest BCUT2D eigenvalue weighted by molar-refractivity contribution is 5.63. The third-order valence-corrected chi connectivity index (χ3v) is 3.74. The van der Waals surface area contributed by atoms with Gasteiger partial charge in [-0.2, -0.15) is 0 Å². The monoisotopic (exact) mass is 309 g/mol. The number of para-hydroxylation sites is 1. The van der Waals surface area contributed by atoms with Crippen LogP contribution in [0.25, 0.3) is 0 Å². The number of ether oxygens (including phenoxy) is 1. The number of hydrogen-bond acceptors (Lipinski definition) is 2. The highest BCUT2D eigenvalue weighted by Gasteiger charge is 1.96. The van der Waals surface area contributed by atoms with Crippen LogP contribution in [-0.4, -0.2) is 6.21 Å². The maximum atomic E-state index is 5.77. The van der Waals surface area contributed by atoms with Gasteiger partial charge in [-0.15, -0.1) is 0 Å². The fourth-order valence-electron chi connectivity index (χ4n) is 2.41. The van der Waals surface area contributed by atoms with Crippen molar-refractivity contribution in [3.63, 3.8) is 0 Å². The molecular formula is C21H27NO. The van der Waals surface area contributed by atoms with Gasteiger partial charge in [0.15, 0.2) is 0 Å². The van der Waals surface area contributed by atoms with Crippen molar-refractivity contribution in [1.82, 2.24) is 0 Å². The summed E-state index contributed by atoms with van der Waals surface area (Å²) in [4.78, 5) is 4.51. The van der Waals surface area contributed by atoms with Crippen LogP contribution >= 0.6 is 0 Å². The molecule has 0 atom stereocenters. The summed E-state index contributed by atoms with van der Waals surface area (Å²) in [6, 6.07) is 17.7. The summed E-state index contributed by atoms with van der Waals surface area (Å²) in [5.41, 5.74) is 0.983. The molecule has 0 saturated carbocycles. The summed E-state index contributed by atoms with van der Waals surface area (Å²) in [7, 11) is 0. The van der Waals surface area contributed by atoms with Crippen molar-refractivity contribution in [1.29, 1.82) is 0 Å². The van der Waals surface area contributed by atoms with Gasteiger partial charge in [-0.25, -0.2) is 0 Å². The fraction of sp³-hybridized carbons (Fsp3) is 0.381. The first-order chi connectivity index (χ1) is 11.4. The zero-order chi connectivity index (χ0) is 16.2. The maximum absolute atomic E-state index is 5.77. The van der Waals surface area contributed by atoms with Gasteiger partial charge in [0.05, 0.1) is 5.69 Å². The lowest BCUT2D eigenvalue weighted by molar-refractivity contribution is 0.483. The first-order valence-electron chi connectivity index (χ1n) is 8.74. The highest BCUT2D eigenvalue weighted by Crippen LogP contribution is 2.23. The molecule has 0 heterocycles. The van der Waals surface area contributed by atoms with Crippen LogP contribution in [0.2, 0.25) is 0 Å². The molecule has 0 amide bonds. The Balaban J connectivity index is 1.69. The minimum atomic E-state index is 0.839. The second-order valence-corrected chi connectivity index (χ2v) is 5.78. The molecular weight excluding hydrogens is 282 g/mol. The molecule has 0 aromatic heterocycles. The molecule has 2 aromatic rings. The first-order valence-corrected chi connectivity index (χ1v) is 8.74. The Morgan fingerprint density at radius 1 is 0.783 bits per heavy atom. The van der Waals surface area contributed by atoms with Crippen molar-refractivity contribution in [3.8, 4) is 11.5 Å². The Morgan fingerprint density at radius 2 is 1.43 bits per heavy atom. The molecule has 23 heavy (non-hydrogen) atoms. The van der Waals surface area contributed by atoms with Crippen molar-refractivity contribution in [2.75, 3.05) is 0 Å². The lowest BCUT2D eigenvalue weighted by atomic mass is 10.1. The third kappa shape index (κ3) is 7.14. The van der Waals surface area contributed by atoms with E-state index in [0.717, 1.165) is 23.6 Å². The van der Waals surface area contributed by atoms with Gasteiger partial charge in [0, 0.05) is 6.21 Å². The average molecular weight is 309 g/mol. The van der Waals surface area contributed by atoms with E-state index < -0.39 is 0 Å². The van der Waals surface area contributed by atoms with Crippen molar-refractivity contribution in [2.24, 2.45) is 4.99 Å². The van der Waals surface area contributed by atoms with Crippen molar-refractivity contribution in [3.05, 3.63) is 54.6 Å². The van der Waals surface area contributed by atoms with E-state index in [4.69, 9.17) is 4.74 Å². The molecule has 0 radical (unpaired) electrons. The molecule has 2 nitrogen and oxygen atoms in total. The van der Waals surface area contributed by atoms with E-state index >= 15 is 0 Å². The SMILES string of the molecule is CCCCCCCCC=Nc1ccc(Oc2ccccc2)cc1. The highest BCUT2D eigenvalue weighted by atomic mass is 16.5. The lowest BCUT2D eigenvalue weighted by Crippen LogP contribution is -1.83. The van der Waals surface area contributed by atoms with Crippen molar-refractivity contribution in [2.45, 2.75) is 51.9 Å². The summed E-state index contributed by atoms with van der Waals surface area (Å²) < 4.78 is 5.77. The van der Waals surface area contributed by atoms with E-state index in [1.54, 1.807) is 0 Å². The Morgan fingerprint density at radius 3 is 2.17 bits per heavy atom. The molecule has 2 heteroatoms. The minimum Gasteiger partial charge on any atom is -0.457 e. The number of aliphatic imine (C=N–C) groups is 1. The average Bonchev–Trinajstić information content (AvgIpc) is 2.60. The van der Waals surface area contributed by atoms with Crippen LogP contribution in [0.5, 0.6) is 11.5 Å². The van der Waals surface area contributed by atoms with Crippen LogP contribution in [0.4, 0.5) is 5.69 Å². The molecule has 0 fully saturated rings. The van der Waals surface area contributed by atoms with Gasteiger partial charge >= 0.3 is 0 Å². The third-order valence-electron chi connectivity index (χ3n) is 3.74. The Kier molecular flexibility index (Phi) is 7.96. The van der Waals surface area contributed by atoms with Gasteiger partial charge in [0.2, 0.25) is 0 Å². The summed E-state index contributed by atoms with van der Waals surface area (Å²) in [6.07, 6.45) is 11.1. The van der Waals surface area contributed by atoms with E-state index in [1.807, 2.05) is 60.8 Å². The number of unbranched alkanes of at least 4 members (excludes halogenated alkanes) is 6. The van der Waals surface area contributed by atoms with Gasteiger partial charge in [0.25, 0.3) is 0 Å². The van der Waals surface area contributed by atoms with Crippen molar-refractivity contribution < 1.29 is 4.74 Å². The molecule has 0 bridgehead atoms. The normalized spacial score (nSPS) is 11.0. The van der Waals surface area contributed by atoms with Crippen LogP contribution in [0.3, 0.4) is 0 Å². The Bertz CT molecular complexity index is 560. The second kappa shape index (κ2) is 10.6. The molecule has 0 spiro atoms. The Hall–Kier alpha value is -2.09. The zero-order valence-electron chi connectivity index (χ0n) is 14.1. The summed E-state index contributed by atoms with van der Waals surface area (Å²) >= 11 is 0. The van der Waals surface area contributed by atoms with E-state index in [1.165, 1.54) is 38.5 Å². The number of nitrogens with zero attached hydrogens (tertiary/aromatic N) is 1. The fourth-order valence-corrected chi connectivity index (χ4v) is 2.41. The zero-order valence-corrected chi connectivity index (χ0v) is 14.1. The van der Waals surface area contributed by atoms with Gasteiger partial charge in [0.1, 0.15) is 11.5 Å². The van der Waals surface area contributed by atoms with Crippen LogP contribution in [0, 0.1) is 0 Å². The van der Waals surface area contributed by atoms with Gasteiger partial charge in [-0.05, 0) is 49.2 Å². The molecule has 0 saturated heterocycles. The molecule has 0 N–H and O–H groups in total. The minimum absolute atomic E-state index is 0.839. The quantitative estimate of drug-likeness (QED) is 0.344. The maximum Gasteiger partial charge on any atom is 0.127 e. The van der Waals surface area contributed by atoms with Crippen LogP contribution in [0.1, 0.15) is 51.9 Å². The topological polar surface area (TPSA) is 21.6 Å². The standard InChI is InChI=1S/C21H27NO/c1-2-3-4-5-6-7-11-18-22-19-14-16-21(17-15-19)23-20-12-9-8-10-13-20/h8-10,12-18H,2-7,11H2,1H3. The van der Waals surface area contributed by atoms with E-state index in [-0.39, 0.29) is 0 Å². The number of benzene rings is 2. The smallest absolute Gasteiger partial charge is 0.127 e. The van der Waals surface area contributed by atoms with Gasteiger partial charge in [-0.3, -0.25) is 4.99 Å². The molecule has 122 valence electrons. The van der Waals surface area contributed by atoms with E-state index in [9.17, 15) is 0 Å². The van der Waals surface area contributed by atoms with Gasteiger partial charge in [-0.1, -0.05) is 57.2 Å². The second-order valence-electron chi connectivity index (χ2n) is 5.78. The van der Waals surface area contributed by atoms with Gasteiger partial charge < -0.3 is 4.74 Å². The summed E-state index contributed by atoms with van der Waals surface area (Å²) in [5, 5.41) is 0. The van der Waals surface area contributed by atoms with Crippen LogP contribution in [-0.2, 0) is 0 Å². The predicted molar refractivity (Wildman–Crippen MR) is 99.1 cm³/mol. The molecule has 0 aliphatic rings. The van der Waals surface area contributed by atoms with Crippen LogP contribution < -0.4 is 4.74 Å². The molecule has 0 aliphatic carbocycles. The lowest BCUT2D eigenvalue weighted by Gasteiger charge is -2.05. The molecule has 0 aliphatic heterocycles. The molecule has 2 rings (SSSR count). The largest absolute Gasteiger partial charge is 0.457 e. The predicted octanol–water partition coefficient (Wildman–Crippen LogP) is 6.93. The molecule has 2 aromatic carbocycles. The summed E-state index contributed by atoms with van der Waals surface area (Å²) in [5.74, 6) is 1.69. The van der Waals surface area contributed by atoms with E-state index in [2.05, 4.69) is 11.9 Å². The van der Waals surface area contributed by atoms with E-state index in [0.29, 0.717) is 0 Å².